The minimum absolute atomic E-state index is 0.0190. The molecule has 2 amide bonds. The van der Waals surface area contributed by atoms with Crippen molar-refractivity contribution >= 4 is 17.5 Å². The van der Waals surface area contributed by atoms with Crippen LogP contribution in [0.5, 0.6) is 0 Å². The van der Waals surface area contributed by atoms with Gasteiger partial charge in [-0.2, -0.15) is 0 Å². The van der Waals surface area contributed by atoms with Gasteiger partial charge in [0, 0.05) is 30.3 Å². The van der Waals surface area contributed by atoms with Gasteiger partial charge in [-0.25, -0.2) is 4.79 Å². The molecule has 1 heterocycles. The average Bonchev–Trinajstić information content (AvgIpc) is 2.98. The van der Waals surface area contributed by atoms with Crippen LogP contribution in [0.1, 0.15) is 48.5 Å². The Morgan fingerprint density at radius 1 is 1.00 bits per heavy atom. The Bertz CT molecular complexity index is 1330. The second-order valence-electron chi connectivity index (χ2n) is 10.9. The third-order valence-corrected chi connectivity index (χ3v) is 7.55. The van der Waals surface area contributed by atoms with Crippen molar-refractivity contribution in [2.45, 2.75) is 51.4 Å². The van der Waals surface area contributed by atoms with E-state index in [1.54, 1.807) is 6.07 Å². The van der Waals surface area contributed by atoms with Crippen LogP contribution >= 0.6 is 0 Å². The molecule has 42 heavy (non-hydrogen) atoms. The van der Waals surface area contributed by atoms with Gasteiger partial charge in [-0.3, -0.25) is 4.79 Å². The fraction of sp³-hybridized carbons (Fsp3) is 0.353. The summed E-state index contributed by atoms with van der Waals surface area (Å²) in [6.07, 6.45) is 1.23. The first-order chi connectivity index (χ1) is 20.3. The van der Waals surface area contributed by atoms with Gasteiger partial charge >= 0.3 is 6.03 Å². The van der Waals surface area contributed by atoms with Crippen molar-refractivity contribution in [3.8, 4) is 0 Å². The second kappa shape index (κ2) is 14.9. The maximum absolute atomic E-state index is 12.9. The fourth-order valence-corrected chi connectivity index (χ4v) is 5.16. The van der Waals surface area contributed by atoms with Crippen LogP contribution in [0, 0.1) is 5.92 Å². The quantitative estimate of drug-likeness (QED) is 0.252. The highest BCUT2D eigenvalue weighted by Crippen LogP contribution is 2.42. The zero-order chi connectivity index (χ0) is 30.1. The van der Waals surface area contributed by atoms with E-state index in [1.165, 1.54) is 6.92 Å². The van der Waals surface area contributed by atoms with Gasteiger partial charge in [0.05, 0.1) is 24.9 Å². The monoisotopic (exact) mass is 571 g/mol. The molecule has 4 rings (SSSR count). The van der Waals surface area contributed by atoms with Crippen LogP contribution < -0.4 is 10.6 Å². The van der Waals surface area contributed by atoms with Crippen molar-refractivity contribution in [2.75, 3.05) is 25.5 Å². The molecule has 3 N–H and O–H groups in total. The number of aliphatic hydroxyl groups is 1. The summed E-state index contributed by atoms with van der Waals surface area (Å²) in [6, 6.07) is 23.6. The number of Topliss-reactive ketones (excluding diaryl/α,β-unsaturated/α-hetero) is 1. The van der Waals surface area contributed by atoms with Gasteiger partial charge in [-0.05, 0) is 49.2 Å². The molecule has 0 radical (unpaired) electrons. The normalized spacial score (nSPS) is 21.0. The van der Waals surface area contributed by atoms with Gasteiger partial charge in [0.1, 0.15) is 0 Å². The van der Waals surface area contributed by atoms with E-state index in [9.17, 15) is 14.7 Å². The number of hydrogen-bond donors (Lipinski definition) is 3. The molecule has 5 atom stereocenters. The van der Waals surface area contributed by atoms with E-state index in [4.69, 9.17) is 9.47 Å². The Hall–Kier alpha value is -3.82. The molecule has 3 aromatic carbocycles. The molecule has 0 spiro atoms. The first-order valence-corrected chi connectivity index (χ1v) is 14.3. The summed E-state index contributed by atoms with van der Waals surface area (Å²) in [5.74, 6) is -0.0693. The Labute approximate surface area is 248 Å². The molecule has 0 saturated carbocycles. The minimum atomic E-state index is -0.668. The molecule has 0 aromatic heterocycles. The van der Waals surface area contributed by atoms with Gasteiger partial charge in [-0.15, -0.1) is 6.58 Å². The molecule has 1 aliphatic heterocycles. The van der Waals surface area contributed by atoms with Crippen LogP contribution in [0.15, 0.2) is 91.5 Å². The lowest BCUT2D eigenvalue weighted by Crippen LogP contribution is -2.44. The van der Waals surface area contributed by atoms with E-state index < -0.39 is 18.4 Å². The lowest BCUT2D eigenvalue weighted by molar-refractivity contribution is -0.275. The van der Waals surface area contributed by atoms with E-state index >= 15 is 0 Å². The highest BCUT2D eigenvalue weighted by atomic mass is 16.7. The van der Waals surface area contributed by atoms with Crippen molar-refractivity contribution in [1.29, 1.82) is 0 Å². The summed E-state index contributed by atoms with van der Waals surface area (Å²) < 4.78 is 13.1. The van der Waals surface area contributed by atoms with E-state index in [1.807, 2.05) is 85.9 Å². The predicted molar refractivity (Wildman–Crippen MR) is 164 cm³/mol. The zero-order valence-electron chi connectivity index (χ0n) is 24.5. The Morgan fingerprint density at radius 3 is 2.40 bits per heavy atom. The van der Waals surface area contributed by atoms with Gasteiger partial charge in [0.15, 0.2) is 12.1 Å². The van der Waals surface area contributed by atoms with E-state index in [0.29, 0.717) is 18.7 Å². The number of carbonyl (C=O) groups is 2. The van der Waals surface area contributed by atoms with E-state index in [0.717, 1.165) is 28.8 Å². The summed E-state index contributed by atoms with van der Waals surface area (Å²) in [4.78, 5) is 27.3. The number of likely N-dealkylation sites (N-methyl/N-ethyl adjacent to an activating group) is 1. The number of rotatable bonds is 12. The van der Waals surface area contributed by atoms with Crippen molar-refractivity contribution in [1.82, 2.24) is 10.2 Å². The Morgan fingerprint density at radius 2 is 1.74 bits per heavy atom. The lowest BCUT2D eigenvalue weighted by atomic mass is 9.90. The first kappa shape index (κ1) is 31.1. The predicted octanol–water partition coefficient (Wildman–Crippen LogP) is 5.41. The van der Waals surface area contributed by atoms with Gasteiger partial charge in [0.25, 0.3) is 0 Å². The first-order valence-electron chi connectivity index (χ1n) is 14.3. The topological polar surface area (TPSA) is 100 Å². The average molecular weight is 572 g/mol. The molecule has 1 saturated heterocycles. The van der Waals surface area contributed by atoms with Crippen LogP contribution in [-0.2, 0) is 27.3 Å². The van der Waals surface area contributed by atoms with Crippen LogP contribution in [-0.4, -0.2) is 54.1 Å². The summed E-state index contributed by atoms with van der Waals surface area (Å²) in [5, 5.41) is 15.2. The van der Waals surface area contributed by atoms with Gasteiger partial charge in [0.2, 0.25) is 0 Å². The summed E-state index contributed by atoms with van der Waals surface area (Å²) in [7, 11) is 2.03. The summed E-state index contributed by atoms with van der Waals surface area (Å²) in [5.41, 5.74) is 4.13. The molecular weight excluding hydrogens is 530 g/mol. The second-order valence-corrected chi connectivity index (χ2v) is 10.9. The lowest BCUT2D eigenvalue weighted by Gasteiger charge is -2.42. The highest BCUT2D eigenvalue weighted by Gasteiger charge is 2.38. The number of aliphatic hydroxyl groups excluding tert-OH is 1. The number of ether oxygens (including phenoxy) is 2. The zero-order valence-corrected chi connectivity index (χ0v) is 24.5. The third-order valence-electron chi connectivity index (χ3n) is 7.55. The molecule has 8 heteroatoms. The highest BCUT2D eigenvalue weighted by molar-refractivity contribution is 5.93. The third kappa shape index (κ3) is 8.36. The number of benzene rings is 3. The number of nitrogens with zero attached hydrogens (tertiary/aromatic N) is 1. The van der Waals surface area contributed by atoms with Crippen LogP contribution in [0.3, 0.4) is 0 Å². The maximum Gasteiger partial charge on any atom is 0.319 e. The molecule has 8 nitrogen and oxygen atoms in total. The van der Waals surface area contributed by atoms with Gasteiger partial charge in [-0.1, -0.05) is 79.7 Å². The minimum Gasteiger partial charge on any atom is -0.392 e. The van der Waals surface area contributed by atoms with Gasteiger partial charge < -0.3 is 30.1 Å². The number of anilines is 1. The molecule has 0 bridgehead atoms. The smallest absolute Gasteiger partial charge is 0.319 e. The SMILES string of the molecule is C=CCN(C)C[C@H]1OC(c2cccc(NC(=O)N[C@H](Cc3ccccc3)C(C)=O)c2)O[C@@H](c2ccc(CO)cc2)[C@H]1C. The largest absolute Gasteiger partial charge is 0.392 e. The fourth-order valence-electron chi connectivity index (χ4n) is 5.16. The van der Waals surface area contributed by atoms with Crippen LogP contribution in [0.2, 0.25) is 0 Å². The van der Waals surface area contributed by atoms with Crippen molar-refractivity contribution in [3.63, 3.8) is 0 Å². The number of amides is 2. The summed E-state index contributed by atoms with van der Waals surface area (Å²) >= 11 is 0. The molecule has 1 unspecified atom stereocenters. The number of nitrogens with one attached hydrogen (secondary N) is 2. The van der Waals surface area contributed by atoms with Crippen LogP contribution in [0.4, 0.5) is 10.5 Å². The molecular formula is C34H41N3O5. The molecule has 1 aliphatic rings. The Balaban J connectivity index is 1.50. The number of urea groups is 1. The maximum atomic E-state index is 12.9. The molecule has 3 aromatic rings. The number of carbonyl (C=O) groups excluding carboxylic acids is 2. The number of hydrogen-bond acceptors (Lipinski definition) is 6. The van der Waals surface area contributed by atoms with E-state index in [-0.39, 0.29) is 30.5 Å². The summed E-state index contributed by atoms with van der Waals surface area (Å²) in [6.45, 7) is 8.85. The van der Waals surface area contributed by atoms with Crippen LogP contribution in [0.25, 0.3) is 0 Å². The molecule has 1 fully saturated rings. The van der Waals surface area contributed by atoms with Crippen molar-refractivity contribution in [3.05, 3.63) is 114 Å². The van der Waals surface area contributed by atoms with Crippen molar-refractivity contribution in [2.24, 2.45) is 5.92 Å². The van der Waals surface area contributed by atoms with Crippen molar-refractivity contribution < 1.29 is 24.2 Å². The number of ketones is 1. The molecule has 222 valence electrons. The molecule has 0 aliphatic carbocycles. The Kier molecular flexibility index (Phi) is 11.0. The standard InChI is InChI=1S/C34H41N3O5/c1-5-18-37(4)21-31-23(2)32(27-16-14-26(22-38)15-17-27)42-33(41-31)28-12-9-13-29(20-28)35-34(40)36-30(24(3)39)19-25-10-7-6-8-11-25/h5-17,20,23,30-33,38H,1,18-19,21-22H2,2-4H3,(H2,35,36,40)/t23-,30+,31+,32+,33?/m0/s1. The van der Waals surface area contributed by atoms with E-state index in [2.05, 4.69) is 29.0 Å².